The maximum atomic E-state index is 13.7. The van der Waals surface area contributed by atoms with Crippen LogP contribution in [0.2, 0.25) is 10.0 Å². The zero-order chi connectivity index (χ0) is 27.0. The highest BCUT2D eigenvalue weighted by molar-refractivity contribution is 6.42. The quantitative estimate of drug-likeness (QED) is 0.452. The number of ether oxygens (including phenoxy) is 1. The highest BCUT2D eigenvalue weighted by atomic mass is 35.5. The summed E-state index contributed by atoms with van der Waals surface area (Å²) in [4.78, 5) is 45.0. The minimum Gasteiger partial charge on any atom is -0.449 e. The molecule has 2 atom stereocenters. The van der Waals surface area contributed by atoms with E-state index in [1.807, 2.05) is 28.9 Å². The number of benzene rings is 1. The molecule has 9 heteroatoms. The number of carbonyl (C=O) groups is 3. The zero-order valence-corrected chi connectivity index (χ0v) is 24.0. The van der Waals surface area contributed by atoms with Gasteiger partial charge in [0.15, 0.2) is 0 Å². The zero-order valence-electron chi connectivity index (χ0n) is 22.5. The van der Waals surface area contributed by atoms with E-state index >= 15 is 0 Å². The van der Waals surface area contributed by atoms with Gasteiger partial charge in [-0.1, -0.05) is 49.0 Å². The molecule has 38 heavy (non-hydrogen) atoms. The van der Waals surface area contributed by atoms with Crippen molar-refractivity contribution in [3.05, 3.63) is 33.8 Å². The lowest BCUT2D eigenvalue weighted by molar-refractivity contribution is -0.142. The summed E-state index contributed by atoms with van der Waals surface area (Å²) in [5.41, 5.74) is 0.775. The molecular formula is C29H39Cl2N3O4. The molecule has 4 aliphatic rings. The number of carbonyl (C=O) groups excluding carboxylic acids is 3. The van der Waals surface area contributed by atoms with E-state index < -0.39 is 0 Å². The molecule has 2 aliphatic carbocycles. The number of hydrogen-bond acceptors (Lipinski definition) is 4. The summed E-state index contributed by atoms with van der Waals surface area (Å²) < 4.78 is 5.70. The largest absolute Gasteiger partial charge is 0.449 e. The summed E-state index contributed by atoms with van der Waals surface area (Å²) in [6.45, 7) is 4.69. The number of piperidine rings is 1. The van der Waals surface area contributed by atoms with Gasteiger partial charge in [0.05, 0.1) is 22.7 Å². The van der Waals surface area contributed by atoms with Crippen molar-refractivity contribution in [2.45, 2.75) is 70.3 Å². The summed E-state index contributed by atoms with van der Waals surface area (Å²) >= 11 is 12.5. The van der Waals surface area contributed by atoms with Gasteiger partial charge in [0.2, 0.25) is 11.8 Å². The van der Waals surface area contributed by atoms with Gasteiger partial charge in [-0.15, -0.1) is 0 Å². The van der Waals surface area contributed by atoms with Crippen LogP contribution in [0.15, 0.2) is 18.2 Å². The number of halogens is 2. The van der Waals surface area contributed by atoms with Gasteiger partial charge < -0.3 is 19.4 Å². The molecule has 0 N–H and O–H groups in total. The Morgan fingerprint density at radius 1 is 1.00 bits per heavy atom. The Bertz CT molecular complexity index is 1060. The van der Waals surface area contributed by atoms with E-state index in [2.05, 4.69) is 0 Å². The van der Waals surface area contributed by atoms with Crippen LogP contribution in [0.3, 0.4) is 0 Å². The fraction of sp³-hybridized carbons (Fsp3) is 0.690. The SMILES string of the molecule is CN(C(=O)OCC1CCCC1)C1CN(C(=O)C2CCN(C(=O)C3(C)CC3)CC2)CC1c1ccc(Cl)c(Cl)c1. The van der Waals surface area contributed by atoms with Crippen LogP contribution in [-0.4, -0.2) is 78.5 Å². The summed E-state index contributed by atoms with van der Waals surface area (Å²) in [7, 11) is 1.77. The van der Waals surface area contributed by atoms with Crippen molar-refractivity contribution in [1.82, 2.24) is 14.7 Å². The topological polar surface area (TPSA) is 70.2 Å². The van der Waals surface area contributed by atoms with Gasteiger partial charge in [0.25, 0.3) is 0 Å². The van der Waals surface area contributed by atoms with E-state index in [0.29, 0.717) is 61.6 Å². The van der Waals surface area contributed by atoms with E-state index in [4.69, 9.17) is 27.9 Å². The van der Waals surface area contributed by atoms with E-state index in [1.54, 1.807) is 18.0 Å². The van der Waals surface area contributed by atoms with Crippen LogP contribution in [0.4, 0.5) is 4.79 Å². The van der Waals surface area contributed by atoms with Crippen LogP contribution < -0.4 is 0 Å². The van der Waals surface area contributed by atoms with Gasteiger partial charge in [0, 0.05) is 50.5 Å². The van der Waals surface area contributed by atoms with E-state index in [0.717, 1.165) is 31.2 Å². The lowest BCUT2D eigenvalue weighted by atomic mass is 9.93. The number of nitrogens with zero attached hydrogens (tertiary/aromatic N) is 3. The van der Waals surface area contributed by atoms with Crippen molar-refractivity contribution in [3.8, 4) is 0 Å². The maximum absolute atomic E-state index is 13.7. The normalized spacial score (nSPS) is 25.5. The molecule has 208 valence electrons. The molecule has 3 amide bonds. The number of amides is 3. The number of rotatable bonds is 6. The summed E-state index contributed by atoms with van der Waals surface area (Å²) in [5.74, 6) is 0.574. The Morgan fingerprint density at radius 3 is 2.32 bits per heavy atom. The highest BCUT2D eigenvalue weighted by Crippen LogP contribution is 2.47. The van der Waals surface area contributed by atoms with Crippen LogP contribution in [0.1, 0.15) is 69.8 Å². The molecule has 7 nitrogen and oxygen atoms in total. The van der Waals surface area contributed by atoms with Gasteiger partial charge in [-0.3, -0.25) is 9.59 Å². The van der Waals surface area contributed by atoms with Crippen molar-refractivity contribution in [1.29, 1.82) is 0 Å². The van der Waals surface area contributed by atoms with Gasteiger partial charge >= 0.3 is 6.09 Å². The molecule has 2 saturated carbocycles. The van der Waals surface area contributed by atoms with Crippen molar-refractivity contribution in [2.24, 2.45) is 17.3 Å². The molecule has 4 fully saturated rings. The molecule has 1 aromatic carbocycles. The molecular weight excluding hydrogens is 525 g/mol. The first-order valence-corrected chi connectivity index (χ1v) is 14.8. The Hall–Kier alpha value is -1.99. The second kappa shape index (κ2) is 11.2. The van der Waals surface area contributed by atoms with Gasteiger partial charge in [-0.2, -0.15) is 0 Å². The highest BCUT2D eigenvalue weighted by Gasteiger charge is 2.48. The van der Waals surface area contributed by atoms with Gasteiger partial charge in [-0.05, 0) is 62.1 Å². The minimum atomic E-state index is -0.346. The van der Waals surface area contributed by atoms with Crippen molar-refractivity contribution >= 4 is 41.1 Å². The number of likely N-dealkylation sites (tertiary alicyclic amines) is 2. The molecule has 0 bridgehead atoms. The van der Waals surface area contributed by atoms with Crippen molar-refractivity contribution < 1.29 is 19.1 Å². The van der Waals surface area contributed by atoms with E-state index in [1.165, 1.54) is 12.8 Å². The summed E-state index contributed by atoms with van der Waals surface area (Å²) in [6.07, 6.45) is 7.56. The Labute approximate surface area is 235 Å². The van der Waals surface area contributed by atoms with Crippen molar-refractivity contribution in [3.63, 3.8) is 0 Å². The lowest BCUT2D eigenvalue weighted by Crippen LogP contribution is -2.46. The summed E-state index contributed by atoms with van der Waals surface area (Å²) in [5, 5.41) is 0.934. The fourth-order valence-electron chi connectivity index (χ4n) is 6.40. The summed E-state index contributed by atoms with van der Waals surface area (Å²) in [6, 6.07) is 5.31. The third-order valence-corrected chi connectivity index (χ3v) is 10.1. The number of likely N-dealkylation sites (N-methyl/N-ethyl adjacent to an activating group) is 1. The monoisotopic (exact) mass is 563 g/mol. The third kappa shape index (κ3) is 5.79. The molecule has 0 spiro atoms. The second-order valence-electron chi connectivity index (χ2n) is 12.1. The van der Waals surface area contributed by atoms with Crippen LogP contribution in [0.5, 0.6) is 0 Å². The number of hydrogen-bond donors (Lipinski definition) is 0. The molecule has 0 aromatic heterocycles. The minimum absolute atomic E-state index is 0.103. The molecule has 2 saturated heterocycles. The van der Waals surface area contributed by atoms with Gasteiger partial charge in [-0.25, -0.2) is 4.79 Å². The van der Waals surface area contributed by atoms with Crippen LogP contribution in [0, 0.1) is 17.3 Å². The standard InChI is InChI=1S/C29H39Cl2N3O4/c1-29(11-12-29)27(36)33-13-9-20(10-14-33)26(35)34-16-22(21-7-8-23(30)24(31)15-21)25(17-34)32(2)28(37)38-18-19-5-3-4-6-19/h7-8,15,19-20,22,25H,3-6,9-14,16-18H2,1-2H3. The average molecular weight is 565 g/mol. The van der Waals surface area contributed by atoms with Crippen LogP contribution >= 0.6 is 23.2 Å². The molecule has 2 aliphatic heterocycles. The maximum Gasteiger partial charge on any atom is 0.409 e. The predicted molar refractivity (Wildman–Crippen MR) is 147 cm³/mol. The van der Waals surface area contributed by atoms with Crippen LogP contribution in [0.25, 0.3) is 0 Å². The van der Waals surface area contributed by atoms with Crippen LogP contribution in [-0.2, 0) is 14.3 Å². The fourth-order valence-corrected chi connectivity index (χ4v) is 6.71. The Kier molecular flexibility index (Phi) is 8.16. The van der Waals surface area contributed by atoms with Crippen molar-refractivity contribution in [2.75, 3.05) is 39.8 Å². The third-order valence-electron chi connectivity index (χ3n) is 9.32. The second-order valence-corrected chi connectivity index (χ2v) is 12.9. The molecule has 2 heterocycles. The average Bonchev–Trinajstić information content (AvgIpc) is 3.30. The molecule has 5 rings (SSSR count). The Balaban J connectivity index is 1.26. The van der Waals surface area contributed by atoms with Gasteiger partial charge in [0.1, 0.15) is 0 Å². The lowest BCUT2D eigenvalue weighted by Gasteiger charge is -2.34. The first kappa shape index (κ1) is 27.6. The van der Waals surface area contributed by atoms with E-state index in [-0.39, 0.29) is 41.2 Å². The first-order chi connectivity index (χ1) is 18.2. The smallest absolute Gasteiger partial charge is 0.409 e. The molecule has 1 aromatic rings. The van der Waals surface area contributed by atoms with E-state index in [9.17, 15) is 14.4 Å². The Morgan fingerprint density at radius 2 is 1.68 bits per heavy atom. The molecule has 0 radical (unpaired) electrons. The molecule has 2 unspecified atom stereocenters. The predicted octanol–water partition coefficient (Wildman–Crippen LogP) is 5.59. The first-order valence-electron chi connectivity index (χ1n) is 14.1.